The maximum Gasteiger partial charge on any atom is 0.305 e. The molecular formula is C23H34O2. The minimum Gasteiger partial charge on any atom is -0.469 e. The Hall–Kier alpha value is -2.09. The number of hydrogen-bond acceptors (Lipinski definition) is 2. The van der Waals surface area contributed by atoms with Gasteiger partial charge in [-0.15, -0.1) is 0 Å². The zero-order valence-corrected chi connectivity index (χ0v) is 15.9. The Morgan fingerprint density at radius 1 is 0.680 bits per heavy atom. The molecule has 0 spiro atoms. The Morgan fingerprint density at radius 2 is 1.08 bits per heavy atom. The van der Waals surface area contributed by atoms with E-state index in [0.29, 0.717) is 6.42 Å². The maximum absolute atomic E-state index is 10.9. The lowest BCUT2D eigenvalue weighted by Crippen LogP contribution is -1.98. The summed E-state index contributed by atoms with van der Waals surface area (Å²) in [6.07, 6.45) is 33.3. The third-order valence-electron chi connectivity index (χ3n) is 3.41. The van der Waals surface area contributed by atoms with Gasteiger partial charge in [0.25, 0.3) is 0 Å². The fourth-order valence-corrected chi connectivity index (χ4v) is 1.98. The van der Waals surface area contributed by atoms with Gasteiger partial charge in [-0.3, -0.25) is 4.79 Å². The summed E-state index contributed by atoms with van der Waals surface area (Å²) in [7, 11) is 1.43. The number of rotatable bonds is 14. The molecule has 0 aromatic rings. The predicted octanol–water partition coefficient (Wildman–Crippen LogP) is 6.64. The lowest BCUT2D eigenvalue weighted by atomic mass is 10.2. The second-order valence-electron chi connectivity index (χ2n) is 5.57. The quantitative estimate of drug-likeness (QED) is 0.201. The van der Waals surface area contributed by atoms with E-state index in [2.05, 4.69) is 77.6 Å². The third kappa shape index (κ3) is 19.9. The summed E-state index contributed by atoms with van der Waals surface area (Å²) in [5, 5.41) is 0. The van der Waals surface area contributed by atoms with E-state index in [1.165, 1.54) is 7.11 Å². The summed E-state index contributed by atoms with van der Waals surface area (Å²) >= 11 is 0. The Balaban J connectivity index is 3.50. The molecule has 0 unspecified atom stereocenters. The van der Waals surface area contributed by atoms with Crippen LogP contribution in [0, 0.1) is 0 Å². The molecule has 25 heavy (non-hydrogen) atoms. The first-order chi connectivity index (χ1) is 12.3. The van der Waals surface area contributed by atoms with Gasteiger partial charge in [-0.2, -0.15) is 0 Å². The van der Waals surface area contributed by atoms with Gasteiger partial charge in [-0.25, -0.2) is 0 Å². The molecule has 0 saturated carbocycles. The molecule has 0 rings (SSSR count). The average molecular weight is 343 g/mol. The minimum absolute atomic E-state index is 0.129. The molecule has 0 heterocycles. The zero-order valence-electron chi connectivity index (χ0n) is 15.9. The van der Waals surface area contributed by atoms with E-state index in [9.17, 15) is 4.79 Å². The highest BCUT2D eigenvalue weighted by Gasteiger charge is 1.96. The largest absolute Gasteiger partial charge is 0.469 e. The molecule has 0 aromatic carbocycles. The van der Waals surface area contributed by atoms with Crippen molar-refractivity contribution >= 4 is 5.97 Å². The van der Waals surface area contributed by atoms with Crippen LogP contribution in [0.3, 0.4) is 0 Å². The van der Waals surface area contributed by atoms with Crippen molar-refractivity contribution in [2.45, 2.75) is 58.3 Å². The van der Waals surface area contributed by atoms with E-state index in [-0.39, 0.29) is 5.97 Å². The Bertz CT molecular complexity index is 476. The number of hydrogen-bond donors (Lipinski definition) is 0. The van der Waals surface area contributed by atoms with Crippen LogP contribution in [0.2, 0.25) is 0 Å². The molecule has 0 aliphatic heterocycles. The number of carbonyl (C=O) groups excluding carboxylic acids is 1. The van der Waals surface area contributed by atoms with Crippen molar-refractivity contribution in [2.24, 2.45) is 0 Å². The molecule has 138 valence electrons. The molecule has 0 N–H and O–H groups in total. The molecule has 0 bridgehead atoms. The van der Waals surface area contributed by atoms with E-state index >= 15 is 0 Å². The van der Waals surface area contributed by atoms with Crippen LogP contribution in [0.1, 0.15) is 58.3 Å². The van der Waals surface area contributed by atoms with Crippen LogP contribution in [0.25, 0.3) is 0 Å². The number of esters is 1. The van der Waals surface area contributed by atoms with Crippen LogP contribution in [-0.4, -0.2) is 13.1 Å². The van der Waals surface area contributed by atoms with Gasteiger partial charge in [0.15, 0.2) is 0 Å². The van der Waals surface area contributed by atoms with Gasteiger partial charge in [-0.1, -0.05) is 72.9 Å². The second-order valence-corrected chi connectivity index (χ2v) is 5.57. The van der Waals surface area contributed by atoms with Gasteiger partial charge in [0.2, 0.25) is 0 Å². The van der Waals surface area contributed by atoms with Crippen molar-refractivity contribution in [3.8, 4) is 0 Å². The SMILES string of the molecule is C/C=C/C/C=C/C/C=C/C/C=C/C/C=C/C/C=C/CCCC(=O)OC. The van der Waals surface area contributed by atoms with E-state index in [0.717, 1.165) is 44.9 Å². The van der Waals surface area contributed by atoms with Gasteiger partial charge >= 0.3 is 5.97 Å². The molecule has 0 aromatic heterocycles. The van der Waals surface area contributed by atoms with Gasteiger partial charge in [0.05, 0.1) is 7.11 Å². The van der Waals surface area contributed by atoms with E-state index < -0.39 is 0 Å². The van der Waals surface area contributed by atoms with Gasteiger partial charge in [-0.05, 0) is 51.9 Å². The number of unbranched alkanes of at least 4 members (excludes halogenated alkanes) is 1. The highest BCUT2D eigenvalue weighted by atomic mass is 16.5. The molecule has 0 saturated heterocycles. The summed E-state index contributed by atoms with van der Waals surface area (Å²) in [4.78, 5) is 10.9. The summed E-state index contributed by atoms with van der Waals surface area (Å²) in [5.41, 5.74) is 0. The molecular weight excluding hydrogens is 308 g/mol. The van der Waals surface area contributed by atoms with Gasteiger partial charge in [0, 0.05) is 6.42 Å². The van der Waals surface area contributed by atoms with Crippen molar-refractivity contribution in [3.05, 3.63) is 72.9 Å². The smallest absolute Gasteiger partial charge is 0.305 e. The molecule has 0 fully saturated rings. The summed E-state index contributed by atoms with van der Waals surface area (Å²) < 4.78 is 4.60. The number of carbonyl (C=O) groups is 1. The van der Waals surface area contributed by atoms with Crippen LogP contribution in [0.5, 0.6) is 0 Å². The first-order valence-electron chi connectivity index (χ1n) is 9.24. The monoisotopic (exact) mass is 342 g/mol. The van der Waals surface area contributed by atoms with Crippen LogP contribution < -0.4 is 0 Å². The van der Waals surface area contributed by atoms with Crippen molar-refractivity contribution < 1.29 is 9.53 Å². The first kappa shape index (κ1) is 22.9. The topological polar surface area (TPSA) is 26.3 Å². The van der Waals surface area contributed by atoms with Crippen LogP contribution in [0.4, 0.5) is 0 Å². The number of ether oxygens (including phenoxy) is 1. The van der Waals surface area contributed by atoms with Crippen molar-refractivity contribution in [1.82, 2.24) is 0 Å². The van der Waals surface area contributed by atoms with Crippen LogP contribution in [0.15, 0.2) is 72.9 Å². The van der Waals surface area contributed by atoms with Crippen molar-refractivity contribution in [1.29, 1.82) is 0 Å². The summed E-state index contributed by atoms with van der Waals surface area (Å²) in [6, 6.07) is 0. The van der Waals surface area contributed by atoms with Crippen molar-refractivity contribution in [3.63, 3.8) is 0 Å². The van der Waals surface area contributed by atoms with Crippen LogP contribution >= 0.6 is 0 Å². The Morgan fingerprint density at radius 3 is 1.48 bits per heavy atom. The van der Waals surface area contributed by atoms with E-state index in [4.69, 9.17) is 0 Å². The van der Waals surface area contributed by atoms with Crippen molar-refractivity contribution in [2.75, 3.05) is 7.11 Å². The van der Waals surface area contributed by atoms with E-state index in [1.54, 1.807) is 0 Å². The maximum atomic E-state index is 10.9. The molecule has 0 aliphatic rings. The third-order valence-corrected chi connectivity index (χ3v) is 3.41. The Kier molecular flexibility index (Phi) is 18.3. The molecule has 0 amide bonds. The minimum atomic E-state index is -0.129. The van der Waals surface area contributed by atoms with E-state index in [1.807, 2.05) is 6.92 Å². The van der Waals surface area contributed by atoms with Gasteiger partial charge in [0.1, 0.15) is 0 Å². The molecule has 2 heteroatoms. The number of methoxy groups -OCH3 is 1. The average Bonchev–Trinajstić information content (AvgIpc) is 2.63. The normalized spacial score (nSPS) is 12.9. The molecule has 0 atom stereocenters. The van der Waals surface area contributed by atoms with Crippen LogP contribution in [-0.2, 0) is 9.53 Å². The predicted molar refractivity (Wildman–Crippen MR) is 109 cm³/mol. The molecule has 0 radical (unpaired) electrons. The fourth-order valence-electron chi connectivity index (χ4n) is 1.98. The van der Waals surface area contributed by atoms with Gasteiger partial charge < -0.3 is 4.74 Å². The first-order valence-corrected chi connectivity index (χ1v) is 9.24. The lowest BCUT2D eigenvalue weighted by molar-refractivity contribution is -0.140. The second kappa shape index (κ2) is 20.0. The fraction of sp³-hybridized carbons (Fsp3) is 0.435. The zero-order chi connectivity index (χ0) is 18.4. The summed E-state index contributed by atoms with van der Waals surface area (Å²) in [5.74, 6) is -0.129. The highest BCUT2D eigenvalue weighted by Crippen LogP contribution is 2.00. The summed E-state index contributed by atoms with van der Waals surface area (Å²) in [6.45, 7) is 2.04. The molecule has 2 nitrogen and oxygen atoms in total. The molecule has 0 aliphatic carbocycles. The highest BCUT2D eigenvalue weighted by molar-refractivity contribution is 5.69. The Labute approximate surface area is 154 Å². The number of allylic oxidation sites excluding steroid dienone is 12. The lowest BCUT2D eigenvalue weighted by Gasteiger charge is -1.95. The standard InChI is InChI=1S/C23H34O2/c1-3-4-5-6-7-8-9-10-11-12-13-14-15-16-17-18-19-20-21-22-23(24)25-2/h3-4,6-7,9-10,12-13,15-16,18-19H,5,8,11,14,17,20-22H2,1-2H3/b4-3+,7-6+,10-9+,13-12+,16-15+,19-18+.